The van der Waals surface area contributed by atoms with Crippen LogP contribution in [-0.4, -0.2) is 46.5 Å². The van der Waals surface area contributed by atoms with Crippen molar-refractivity contribution < 1.29 is 9.47 Å². The molecule has 0 unspecified atom stereocenters. The number of hydrogen-bond acceptors (Lipinski definition) is 4. The number of amidine groups is 1. The van der Waals surface area contributed by atoms with Crippen LogP contribution >= 0.6 is 0 Å². The van der Waals surface area contributed by atoms with Crippen LogP contribution in [0, 0.1) is 5.41 Å². The Kier molecular flexibility index (Phi) is 4.88. The van der Waals surface area contributed by atoms with Gasteiger partial charge >= 0.3 is 0 Å². The summed E-state index contributed by atoms with van der Waals surface area (Å²) in [7, 11) is 0. The number of likely N-dealkylation sites (tertiary alicyclic amines) is 1. The molecule has 0 amide bonds. The number of aromatic nitrogens is 2. The van der Waals surface area contributed by atoms with Crippen molar-refractivity contribution in [1.82, 2.24) is 14.9 Å². The van der Waals surface area contributed by atoms with Gasteiger partial charge in [0, 0.05) is 50.3 Å². The molecule has 4 rings (SSSR count). The first kappa shape index (κ1) is 17.6. The summed E-state index contributed by atoms with van der Waals surface area (Å²) >= 11 is 0. The van der Waals surface area contributed by atoms with Crippen LogP contribution in [-0.2, 0) is 6.42 Å². The Bertz CT molecular complexity index is 849. The van der Waals surface area contributed by atoms with Crippen molar-refractivity contribution in [1.29, 1.82) is 5.41 Å². The van der Waals surface area contributed by atoms with E-state index in [1.54, 1.807) is 6.20 Å². The zero-order valence-electron chi connectivity index (χ0n) is 15.9. The number of ether oxygens (including phenoxy) is 2. The lowest BCUT2D eigenvalue weighted by atomic mass is 10.0. The highest BCUT2D eigenvalue weighted by molar-refractivity contribution is 6.01. The third kappa shape index (κ3) is 3.70. The minimum atomic E-state index is 0.199. The van der Waals surface area contributed by atoms with E-state index in [2.05, 4.69) is 20.9 Å². The van der Waals surface area contributed by atoms with Crippen molar-refractivity contribution in [2.45, 2.75) is 39.2 Å². The Morgan fingerprint density at radius 1 is 1.30 bits per heavy atom. The smallest absolute Gasteiger partial charge is 0.133 e. The summed E-state index contributed by atoms with van der Waals surface area (Å²) in [6, 6.07) is 6.11. The molecule has 2 aromatic rings. The Labute approximate surface area is 159 Å². The van der Waals surface area contributed by atoms with E-state index in [1.807, 2.05) is 32.2 Å². The van der Waals surface area contributed by atoms with E-state index in [0.717, 1.165) is 67.4 Å². The second kappa shape index (κ2) is 7.47. The van der Waals surface area contributed by atoms with Gasteiger partial charge in [-0.2, -0.15) is 0 Å². The molecule has 2 aliphatic heterocycles. The monoisotopic (exact) mass is 366 g/mol. The van der Waals surface area contributed by atoms with Crippen LogP contribution in [0.5, 0.6) is 11.5 Å². The predicted molar refractivity (Wildman–Crippen MR) is 105 cm³/mol. The van der Waals surface area contributed by atoms with Crippen molar-refractivity contribution in [3.05, 3.63) is 47.6 Å². The molecule has 2 aliphatic rings. The second-order valence-corrected chi connectivity index (χ2v) is 7.21. The van der Waals surface area contributed by atoms with Gasteiger partial charge in [-0.1, -0.05) is 0 Å². The van der Waals surface area contributed by atoms with Crippen molar-refractivity contribution in [3.8, 4) is 11.5 Å². The van der Waals surface area contributed by atoms with E-state index >= 15 is 0 Å². The first-order chi connectivity index (χ1) is 13.1. The largest absolute Gasteiger partial charge is 0.493 e. The molecule has 142 valence electrons. The number of rotatable bonds is 4. The molecule has 27 heavy (non-hydrogen) atoms. The van der Waals surface area contributed by atoms with Gasteiger partial charge in [-0.15, -0.1) is 0 Å². The van der Waals surface area contributed by atoms with E-state index in [9.17, 15) is 0 Å². The number of benzene rings is 1. The normalized spacial score (nSPS) is 17.9. The highest BCUT2D eigenvalue weighted by Gasteiger charge is 2.24. The summed E-state index contributed by atoms with van der Waals surface area (Å²) in [6.45, 7) is 6.44. The molecule has 0 atom stereocenters. The van der Waals surface area contributed by atoms with Crippen LogP contribution in [0.1, 0.15) is 38.1 Å². The highest BCUT2D eigenvalue weighted by Crippen LogP contribution is 2.30. The maximum atomic E-state index is 8.56. The van der Waals surface area contributed by atoms with Gasteiger partial charge < -0.3 is 19.4 Å². The first-order valence-corrected chi connectivity index (χ1v) is 9.55. The maximum absolute atomic E-state index is 8.56. The quantitative estimate of drug-likeness (QED) is 0.640. The van der Waals surface area contributed by atoms with E-state index < -0.39 is 0 Å². The molecular weight excluding hydrogens is 340 g/mol. The number of nitrogens with zero attached hydrogens (tertiary/aromatic N) is 2. The van der Waals surface area contributed by atoms with Gasteiger partial charge in [-0.3, -0.25) is 5.41 Å². The maximum Gasteiger partial charge on any atom is 0.133 e. The van der Waals surface area contributed by atoms with E-state index in [1.165, 1.54) is 5.56 Å². The highest BCUT2D eigenvalue weighted by atomic mass is 16.5. The molecule has 1 aromatic carbocycles. The molecule has 1 aromatic heterocycles. The van der Waals surface area contributed by atoms with E-state index in [4.69, 9.17) is 14.9 Å². The SMILES string of the molecule is C/C(C(=N)N1CCC(Oc2ccc3c(c2)CCO3)CC1)=C(\C)c1ncc[nH]1. The molecule has 6 heteroatoms. The second-order valence-electron chi connectivity index (χ2n) is 7.21. The summed E-state index contributed by atoms with van der Waals surface area (Å²) in [5.41, 5.74) is 3.22. The lowest BCUT2D eigenvalue weighted by molar-refractivity contribution is 0.131. The third-order valence-electron chi connectivity index (χ3n) is 5.49. The molecule has 1 fully saturated rings. The number of allylic oxidation sites excluding steroid dienone is 1. The zero-order chi connectivity index (χ0) is 18.8. The Hall–Kier alpha value is -2.76. The molecule has 1 saturated heterocycles. The number of hydrogen-bond donors (Lipinski definition) is 2. The third-order valence-corrected chi connectivity index (χ3v) is 5.49. The van der Waals surface area contributed by atoms with Crippen molar-refractivity contribution in [3.63, 3.8) is 0 Å². The van der Waals surface area contributed by atoms with Crippen molar-refractivity contribution in [2.75, 3.05) is 19.7 Å². The number of nitrogens with one attached hydrogen (secondary N) is 2. The molecular formula is C21H26N4O2. The Morgan fingerprint density at radius 2 is 2.11 bits per heavy atom. The van der Waals surface area contributed by atoms with Gasteiger partial charge in [0.05, 0.1) is 6.61 Å². The molecule has 0 spiro atoms. The minimum absolute atomic E-state index is 0.199. The van der Waals surface area contributed by atoms with Crippen molar-refractivity contribution >= 4 is 11.4 Å². The summed E-state index contributed by atoms with van der Waals surface area (Å²) in [5.74, 6) is 3.32. The standard InChI is InChI=1S/C21H26N4O2/c1-14(15(2)21-23-8-9-24-21)20(22)25-10-5-17(6-11-25)27-18-3-4-19-16(13-18)7-12-26-19/h3-4,8-9,13,17,22H,5-7,10-12H2,1-2H3,(H,23,24)/b15-14-,22-20?. The molecule has 3 heterocycles. The summed E-state index contributed by atoms with van der Waals surface area (Å²) in [5, 5.41) is 8.56. The fraction of sp³-hybridized carbons (Fsp3) is 0.429. The Morgan fingerprint density at radius 3 is 2.85 bits per heavy atom. The number of fused-ring (bicyclic) bond motifs is 1. The van der Waals surface area contributed by atoms with E-state index in [-0.39, 0.29) is 6.10 Å². The van der Waals surface area contributed by atoms with Gasteiger partial charge in [-0.25, -0.2) is 4.98 Å². The summed E-state index contributed by atoms with van der Waals surface area (Å²) < 4.78 is 11.8. The number of aromatic amines is 1. The number of H-pyrrole nitrogens is 1. The molecule has 0 aliphatic carbocycles. The summed E-state index contributed by atoms with van der Waals surface area (Å²) in [6.07, 6.45) is 6.55. The molecule has 6 nitrogen and oxygen atoms in total. The van der Waals surface area contributed by atoms with Crippen LogP contribution < -0.4 is 9.47 Å². The predicted octanol–water partition coefficient (Wildman–Crippen LogP) is 3.66. The molecule has 2 N–H and O–H groups in total. The zero-order valence-corrected chi connectivity index (χ0v) is 15.9. The van der Waals surface area contributed by atoms with E-state index in [0.29, 0.717) is 5.84 Å². The average Bonchev–Trinajstić information content (AvgIpc) is 3.38. The van der Waals surface area contributed by atoms with Crippen LogP contribution in [0.3, 0.4) is 0 Å². The lowest BCUT2D eigenvalue weighted by Crippen LogP contribution is -2.42. The Balaban J connectivity index is 1.35. The molecule has 0 bridgehead atoms. The van der Waals surface area contributed by atoms with Gasteiger partial charge in [0.1, 0.15) is 29.3 Å². The molecule has 0 saturated carbocycles. The van der Waals surface area contributed by atoms with Gasteiger partial charge in [0.25, 0.3) is 0 Å². The lowest BCUT2D eigenvalue weighted by Gasteiger charge is -2.34. The first-order valence-electron chi connectivity index (χ1n) is 9.55. The van der Waals surface area contributed by atoms with Crippen LogP contribution in [0.25, 0.3) is 5.57 Å². The van der Waals surface area contributed by atoms with Crippen LogP contribution in [0.15, 0.2) is 36.2 Å². The topological polar surface area (TPSA) is 74.2 Å². The number of piperidine rings is 1. The fourth-order valence-electron chi connectivity index (χ4n) is 3.69. The van der Waals surface area contributed by atoms with Gasteiger partial charge in [0.15, 0.2) is 0 Å². The summed E-state index contributed by atoms with van der Waals surface area (Å²) in [4.78, 5) is 9.54. The number of imidazole rings is 1. The fourth-order valence-corrected chi connectivity index (χ4v) is 3.69. The van der Waals surface area contributed by atoms with Gasteiger partial charge in [0.2, 0.25) is 0 Å². The van der Waals surface area contributed by atoms with Crippen molar-refractivity contribution in [2.24, 2.45) is 0 Å². The minimum Gasteiger partial charge on any atom is -0.493 e. The molecule has 0 radical (unpaired) electrons. The van der Waals surface area contributed by atoms with Crippen LogP contribution in [0.2, 0.25) is 0 Å². The average molecular weight is 366 g/mol. The van der Waals surface area contributed by atoms with Gasteiger partial charge in [-0.05, 0) is 43.2 Å². The van der Waals surface area contributed by atoms with Crippen LogP contribution in [0.4, 0.5) is 0 Å².